The monoisotopic (exact) mass is 359 g/mol. The summed E-state index contributed by atoms with van der Waals surface area (Å²) >= 11 is 0. The summed E-state index contributed by atoms with van der Waals surface area (Å²) in [4.78, 5) is 24.7. The second-order valence-electron chi connectivity index (χ2n) is 5.87. The van der Waals surface area contributed by atoms with Gasteiger partial charge in [-0.2, -0.15) is 0 Å². The zero-order valence-corrected chi connectivity index (χ0v) is 14.6. The van der Waals surface area contributed by atoms with Gasteiger partial charge in [-0.25, -0.2) is 8.42 Å². The van der Waals surface area contributed by atoms with E-state index in [0.29, 0.717) is 6.61 Å². The number of amides is 1. The molecule has 0 unspecified atom stereocenters. The second-order valence-corrected chi connectivity index (χ2v) is 7.76. The van der Waals surface area contributed by atoms with Crippen molar-refractivity contribution in [2.45, 2.75) is 22.8 Å². The fourth-order valence-corrected chi connectivity index (χ4v) is 4.50. The first-order valence-corrected chi connectivity index (χ1v) is 9.17. The lowest BCUT2D eigenvalue weighted by Gasteiger charge is -2.19. The van der Waals surface area contributed by atoms with Crippen molar-refractivity contribution in [2.24, 2.45) is 0 Å². The SMILES string of the molecule is COC[C@H](C)NC(=O)c1ccc2c(c1)S(=O)(=O)c1ccccc1C2=O. The summed E-state index contributed by atoms with van der Waals surface area (Å²) in [5.74, 6) is -0.783. The summed E-state index contributed by atoms with van der Waals surface area (Å²) in [5.41, 5.74) is 0.415. The van der Waals surface area contributed by atoms with Crippen LogP contribution in [0, 0.1) is 0 Å². The number of benzene rings is 2. The van der Waals surface area contributed by atoms with Crippen molar-refractivity contribution >= 4 is 21.5 Å². The first-order valence-electron chi connectivity index (χ1n) is 7.69. The van der Waals surface area contributed by atoms with Crippen molar-refractivity contribution < 1.29 is 22.7 Å². The summed E-state index contributed by atoms with van der Waals surface area (Å²) in [5, 5.41) is 2.72. The quantitative estimate of drug-likeness (QED) is 0.768. The standard InChI is InChI=1S/C18H17NO5S/c1-11(10-24-2)19-18(21)12-7-8-14-16(9-12)25(22,23)15-6-4-3-5-13(15)17(14)20/h3-9,11H,10H2,1-2H3,(H,19,21)/t11-/m0/s1. The number of rotatable bonds is 4. The Morgan fingerprint density at radius 2 is 1.80 bits per heavy atom. The van der Waals surface area contributed by atoms with Gasteiger partial charge in [0.1, 0.15) is 0 Å². The van der Waals surface area contributed by atoms with Crippen LogP contribution in [0.1, 0.15) is 33.2 Å². The Morgan fingerprint density at radius 3 is 2.52 bits per heavy atom. The lowest BCUT2D eigenvalue weighted by Crippen LogP contribution is -2.35. The van der Waals surface area contributed by atoms with E-state index in [-0.39, 0.29) is 38.3 Å². The molecule has 0 aromatic heterocycles. The zero-order valence-electron chi connectivity index (χ0n) is 13.8. The molecule has 7 heteroatoms. The van der Waals surface area contributed by atoms with Gasteiger partial charge >= 0.3 is 0 Å². The molecule has 0 radical (unpaired) electrons. The van der Waals surface area contributed by atoms with Crippen molar-refractivity contribution in [3.8, 4) is 0 Å². The van der Waals surface area contributed by atoms with Crippen LogP contribution in [-0.2, 0) is 14.6 Å². The maximum atomic E-state index is 12.8. The highest BCUT2D eigenvalue weighted by Gasteiger charge is 2.35. The van der Waals surface area contributed by atoms with Gasteiger partial charge in [0.2, 0.25) is 9.84 Å². The molecule has 2 aromatic carbocycles. The molecule has 1 amide bonds. The van der Waals surface area contributed by atoms with Crippen molar-refractivity contribution in [3.63, 3.8) is 0 Å². The average molecular weight is 359 g/mol. The maximum absolute atomic E-state index is 12.8. The lowest BCUT2D eigenvalue weighted by molar-refractivity contribution is 0.0904. The van der Waals surface area contributed by atoms with E-state index in [1.165, 1.54) is 37.4 Å². The summed E-state index contributed by atoms with van der Waals surface area (Å²) in [6, 6.07) is 9.95. The van der Waals surface area contributed by atoms with Gasteiger partial charge in [-0.1, -0.05) is 12.1 Å². The molecule has 0 spiro atoms. The normalized spacial score (nSPS) is 15.8. The smallest absolute Gasteiger partial charge is 0.251 e. The summed E-state index contributed by atoms with van der Waals surface area (Å²) in [7, 11) is -2.33. The molecule has 6 nitrogen and oxygen atoms in total. The minimum Gasteiger partial charge on any atom is -0.383 e. The summed E-state index contributed by atoms with van der Waals surface area (Å²) in [6.07, 6.45) is 0. The molecule has 0 fully saturated rings. The van der Waals surface area contributed by atoms with Crippen molar-refractivity contribution in [1.82, 2.24) is 5.32 Å². The number of fused-ring (bicyclic) bond motifs is 2. The molecular formula is C18H17NO5S. The van der Waals surface area contributed by atoms with E-state index < -0.39 is 15.7 Å². The molecule has 0 saturated carbocycles. The number of carbonyl (C=O) groups excluding carboxylic acids is 2. The molecule has 1 aliphatic rings. The van der Waals surface area contributed by atoms with Gasteiger partial charge in [-0.05, 0) is 37.3 Å². The minimum atomic E-state index is -3.85. The molecule has 2 aromatic rings. The van der Waals surface area contributed by atoms with Gasteiger partial charge in [-0.3, -0.25) is 9.59 Å². The molecule has 1 heterocycles. The Balaban J connectivity index is 2.04. The largest absolute Gasteiger partial charge is 0.383 e. The highest BCUT2D eigenvalue weighted by molar-refractivity contribution is 7.91. The highest BCUT2D eigenvalue weighted by Crippen LogP contribution is 2.34. The molecule has 0 bridgehead atoms. The van der Waals surface area contributed by atoms with Crippen LogP contribution in [0.3, 0.4) is 0 Å². The fraction of sp³-hybridized carbons (Fsp3) is 0.222. The molecule has 25 heavy (non-hydrogen) atoms. The van der Waals surface area contributed by atoms with Crippen LogP contribution in [0.5, 0.6) is 0 Å². The van der Waals surface area contributed by atoms with E-state index in [0.717, 1.165) is 0 Å². The number of hydrogen-bond acceptors (Lipinski definition) is 5. The Labute approximate surface area is 145 Å². The molecule has 1 atom stereocenters. The van der Waals surface area contributed by atoms with Crippen molar-refractivity contribution in [2.75, 3.05) is 13.7 Å². The van der Waals surface area contributed by atoms with E-state index in [9.17, 15) is 18.0 Å². The number of methoxy groups -OCH3 is 1. The number of ketones is 1. The number of nitrogens with one attached hydrogen (secondary N) is 1. The number of ether oxygens (including phenoxy) is 1. The molecule has 1 aliphatic heterocycles. The predicted molar refractivity (Wildman–Crippen MR) is 90.6 cm³/mol. The van der Waals surface area contributed by atoms with Crippen molar-refractivity contribution in [1.29, 1.82) is 0 Å². The van der Waals surface area contributed by atoms with Crippen LogP contribution in [0.15, 0.2) is 52.3 Å². The Hall–Kier alpha value is -2.51. The van der Waals surface area contributed by atoms with Crippen LogP contribution in [-0.4, -0.2) is 39.9 Å². The fourth-order valence-electron chi connectivity index (χ4n) is 2.82. The van der Waals surface area contributed by atoms with Gasteiger partial charge in [0.05, 0.1) is 16.4 Å². The average Bonchev–Trinajstić information content (AvgIpc) is 2.60. The van der Waals surface area contributed by atoms with Gasteiger partial charge in [-0.15, -0.1) is 0 Å². The van der Waals surface area contributed by atoms with E-state index in [2.05, 4.69) is 5.32 Å². The summed E-state index contributed by atoms with van der Waals surface area (Å²) in [6.45, 7) is 2.11. The first-order chi connectivity index (χ1) is 11.9. The van der Waals surface area contributed by atoms with Crippen LogP contribution in [0.4, 0.5) is 0 Å². The lowest BCUT2D eigenvalue weighted by atomic mass is 10.0. The Morgan fingerprint density at radius 1 is 1.12 bits per heavy atom. The van der Waals surface area contributed by atoms with Crippen LogP contribution in [0.25, 0.3) is 0 Å². The topological polar surface area (TPSA) is 89.5 Å². The third-order valence-corrected chi connectivity index (χ3v) is 5.85. The molecule has 3 rings (SSSR count). The van der Waals surface area contributed by atoms with E-state index >= 15 is 0 Å². The van der Waals surface area contributed by atoms with Gasteiger partial charge < -0.3 is 10.1 Å². The first kappa shape index (κ1) is 17.3. The Bertz CT molecular complexity index is 965. The highest BCUT2D eigenvalue weighted by atomic mass is 32.2. The zero-order chi connectivity index (χ0) is 18.2. The van der Waals surface area contributed by atoms with Gasteiger partial charge in [0.25, 0.3) is 5.91 Å². The molecule has 0 saturated heterocycles. The van der Waals surface area contributed by atoms with E-state index in [1.807, 2.05) is 0 Å². The van der Waals surface area contributed by atoms with Gasteiger partial charge in [0, 0.05) is 29.8 Å². The summed E-state index contributed by atoms with van der Waals surface area (Å²) < 4.78 is 30.6. The van der Waals surface area contributed by atoms with Crippen molar-refractivity contribution in [3.05, 3.63) is 59.2 Å². The molecule has 130 valence electrons. The number of hydrogen-bond donors (Lipinski definition) is 1. The second kappa shape index (κ2) is 6.42. The number of carbonyl (C=O) groups is 2. The molecule has 0 aliphatic carbocycles. The third kappa shape index (κ3) is 2.96. The minimum absolute atomic E-state index is 0.0298. The van der Waals surface area contributed by atoms with Crippen LogP contribution >= 0.6 is 0 Å². The predicted octanol–water partition coefficient (Wildman–Crippen LogP) is 1.83. The number of sulfone groups is 1. The maximum Gasteiger partial charge on any atom is 0.251 e. The van der Waals surface area contributed by atoms with E-state index in [1.54, 1.807) is 19.1 Å². The van der Waals surface area contributed by atoms with Crippen LogP contribution < -0.4 is 5.32 Å². The Kier molecular flexibility index (Phi) is 4.45. The third-order valence-electron chi connectivity index (χ3n) is 3.99. The molecular weight excluding hydrogens is 342 g/mol. The van der Waals surface area contributed by atoms with Crippen LogP contribution in [0.2, 0.25) is 0 Å². The molecule has 1 N–H and O–H groups in total. The van der Waals surface area contributed by atoms with Gasteiger partial charge in [0.15, 0.2) is 5.78 Å². The van der Waals surface area contributed by atoms with E-state index in [4.69, 9.17) is 4.74 Å².